The van der Waals surface area contributed by atoms with E-state index in [1.165, 1.54) is 6.20 Å². The van der Waals surface area contributed by atoms with Crippen LogP contribution in [0.2, 0.25) is 0 Å². The number of piperidine rings is 1. The van der Waals surface area contributed by atoms with Gasteiger partial charge in [0.05, 0.1) is 25.2 Å². The fourth-order valence-electron chi connectivity index (χ4n) is 4.76. The number of likely N-dealkylation sites (N-methyl/N-ethyl adjacent to an activating group) is 1. The molecule has 34 heavy (non-hydrogen) atoms. The Labute approximate surface area is 199 Å². The average Bonchev–Trinajstić information content (AvgIpc) is 2.85. The number of ether oxygens (including phenoxy) is 1. The lowest BCUT2D eigenvalue weighted by Gasteiger charge is -2.34. The Bertz CT molecular complexity index is 1210. The smallest absolute Gasteiger partial charge is 0.270 e. The predicted octanol–water partition coefficient (Wildman–Crippen LogP) is 1.96. The average molecular weight is 465 g/mol. The van der Waals surface area contributed by atoms with Crippen molar-refractivity contribution in [2.75, 3.05) is 70.7 Å². The van der Waals surface area contributed by atoms with Gasteiger partial charge in [0.15, 0.2) is 5.65 Å². The van der Waals surface area contributed by atoms with Crippen LogP contribution in [-0.2, 0) is 0 Å². The summed E-state index contributed by atoms with van der Waals surface area (Å²) in [4.78, 5) is 33.2. The maximum Gasteiger partial charge on any atom is 0.270 e. The summed E-state index contributed by atoms with van der Waals surface area (Å²) in [5.74, 6) is 1.13. The number of nitrogens with one attached hydrogen (secondary N) is 1. The van der Waals surface area contributed by atoms with Gasteiger partial charge in [-0.25, -0.2) is 9.97 Å². The van der Waals surface area contributed by atoms with Crippen molar-refractivity contribution in [2.24, 2.45) is 0 Å². The van der Waals surface area contributed by atoms with Gasteiger partial charge in [0.1, 0.15) is 11.3 Å². The second-order valence-corrected chi connectivity index (χ2v) is 9.20. The minimum Gasteiger partial charge on any atom is -0.494 e. The Kier molecular flexibility index (Phi) is 6.34. The first kappa shape index (κ1) is 22.5. The van der Waals surface area contributed by atoms with Gasteiger partial charge in [-0.2, -0.15) is 4.98 Å². The van der Waals surface area contributed by atoms with Gasteiger partial charge in [0.25, 0.3) is 5.56 Å². The topological polar surface area (TPSA) is 91.7 Å². The van der Waals surface area contributed by atoms with Gasteiger partial charge in [-0.05, 0) is 52.2 Å². The van der Waals surface area contributed by atoms with Gasteiger partial charge in [-0.15, -0.1) is 0 Å². The van der Waals surface area contributed by atoms with Crippen molar-refractivity contribution >= 4 is 28.5 Å². The van der Waals surface area contributed by atoms with Crippen LogP contribution in [-0.4, -0.2) is 89.8 Å². The van der Waals surface area contributed by atoms with Crippen molar-refractivity contribution in [3.05, 3.63) is 40.9 Å². The first-order valence-electron chi connectivity index (χ1n) is 11.8. The minimum atomic E-state index is -0.124. The maximum atomic E-state index is 12.8. The van der Waals surface area contributed by atoms with Crippen molar-refractivity contribution in [3.63, 3.8) is 0 Å². The third-order valence-corrected chi connectivity index (χ3v) is 6.88. The van der Waals surface area contributed by atoms with E-state index in [1.54, 1.807) is 17.9 Å². The number of hydrogen-bond donors (Lipinski definition) is 1. The van der Waals surface area contributed by atoms with Crippen LogP contribution in [0.3, 0.4) is 0 Å². The predicted molar refractivity (Wildman–Crippen MR) is 133 cm³/mol. The van der Waals surface area contributed by atoms with Crippen LogP contribution in [0.1, 0.15) is 18.9 Å². The summed E-state index contributed by atoms with van der Waals surface area (Å²) in [6.45, 7) is 5.96. The van der Waals surface area contributed by atoms with Crippen molar-refractivity contribution in [1.82, 2.24) is 29.3 Å². The van der Waals surface area contributed by atoms with E-state index >= 15 is 0 Å². The van der Waals surface area contributed by atoms with Gasteiger partial charge >= 0.3 is 0 Å². The summed E-state index contributed by atoms with van der Waals surface area (Å²) in [5.41, 5.74) is 2.96. The number of methoxy groups -OCH3 is 1. The SMILES string of the molecule is COc1cc(N2CCN(C)CC2)ccc1Nc1ncc2ncc(=O)n(C3CCN(C)CC3)c2n1. The standard InChI is InChI=1S/C24H32N8O2/c1-29-8-6-17(7-9-29)32-22(33)16-25-20-15-26-24(28-23(20)32)27-19-5-4-18(14-21(19)34-3)31-12-10-30(2)11-13-31/h4-5,14-17H,6-13H2,1-3H3,(H,26,27,28). The van der Waals surface area contributed by atoms with Gasteiger partial charge in [-0.1, -0.05) is 0 Å². The Hall–Kier alpha value is -3.24. The molecule has 0 aliphatic carbocycles. The van der Waals surface area contributed by atoms with Crippen molar-refractivity contribution in [1.29, 1.82) is 0 Å². The number of piperazine rings is 1. The fraction of sp³-hybridized carbons (Fsp3) is 0.500. The van der Waals surface area contributed by atoms with E-state index in [2.05, 4.69) is 50.1 Å². The Morgan fingerprint density at radius 2 is 1.71 bits per heavy atom. The van der Waals surface area contributed by atoms with Crippen LogP contribution in [0.15, 0.2) is 35.4 Å². The normalized spacial score (nSPS) is 18.4. The molecule has 2 saturated heterocycles. The van der Waals surface area contributed by atoms with Crippen LogP contribution in [0.25, 0.3) is 11.2 Å². The Morgan fingerprint density at radius 1 is 0.971 bits per heavy atom. The molecule has 0 amide bonds. The van der Waals surface area contributed by atoms with Crippen molar-refractivity contribution < 1.29 is 4.74 Å². The summed E-state index contributed by atoms with van der Waals surface area (Å²) in [6, 6.07) is 6.24. The second-order valence-electron chi connectivity index (χ2n) is 9.20. The van der Waals surface area contributed by atoms with Gasteiger partial charge in [0.2, 0.25) is 5.95 Å². The minimum absolute atomic E-state index is 0.106. The molecule has 1 aromatic carbocycles. The van der Waals surface area contributed by atoms with Crippen LogP contribution >= 0.6 is 0 Å². The summed E-state index contributed by atoms with van der Waals surface area (Å²) in [6.07, 6.45) is 4.85. The summed E-state index contributed by atoms with van der Waals surface area (Å²) in [7, 11) is 5.92. The molecule has 2 aliphatic rings. The molecule has 2 aromatic heterocycles. The lowest BCUT2D eigenvalue weighted by Crippen LogP contribution is -2.44. The van der Waals surface area contributed by atoms with Crippen LogP contribution < -0.4 is 20.5 Å². The second kappa shape index (κ2) is 9.55. The molecule has 0 spiro atoms. The zero-order valence-corrected chi connectivity index (χ0v) is 20.1. The number of aromatic nitrogens is 4. The summed E-state index contributed by atoms with van der Waals surface area (Å²) >= 11 is 0. The van der Waals surface area contributed by atoms with Crippen LogP contribution in [0.4, 0.5) is 17.3 Å². The molecule has 10 nitrogen and oxygen atoms in total. The molecule has 5 rings (SSSR count). The highest BCUT2D eigenvalue weighted by atomic mass is 16.5. The van der Waals surface area contributed by atoms with Crippen LogP contribution in [0.5, 0.6) is 5.75 Å². The third-order valence-electron chi connectivity index (χ3n) is 6.88. The van der Waals surface area contributed by atoms with E-state index < -0.39 is 0 Å². The molecule has 0 saturated carbocycles. The van der Waals surface area contributed by atoms with E-state index in [0.29, 0.717) is 17.1 Å². The molecule has 1 N–H and O–H groups in total. The highest BCUT2D eigenvalue weighted by Gasteiger charge is 2.22. The highest BCUT2D eigenvalue weighted by Crippen LogP contribution is 2.32. The fourth-order valence-corrected chi connectivity index (χ4v) is 4.76. The molecule has 3 aromatic rings. The Balaban J connectivity index is 1.43. The quantitative estimate of drug-likeness (QED) is 0.608. The molecule has 10 heteroatoms. The van der Waals surface area contributed by atoms with Crippen LogP contribution in [0, 0.1) is 0 Å². The van der Waals surface area contributed by atoms with Crippen molar-refractivity contribution in [2.45, 2.75) is 18.9 Å². The zero-order valence-electron chi connectivity index (χ0n) is 20.1. The van der Waals surface area contributed by atoms with E-state index in [9.17, 15) is 4.79 Å². The number of likely N-dealkylation sites (tertiary alicyclic amines) is 1. The first-order valence-corrected chi connectivity index (χ1v) is 11.8. The van der Waals surface area contributed by atoms with E-state index in [0.717, 1.165) is 69.2 Å². The Morgan fingerprint density at radius 3 is 2.44 bits per heavy atom. The first-order chi connectivity index (χ1) is 16.5. The number of hydrogen-bond acceptors (Lipinski definition) is 9. The number of benzene rings is 1. The monoisotopic (exact) mass is 464 g/mol. The molecule has 0 atom stereocenters. The summed E-state index contributed by atoms with van der Waals surface area (Å²) < 4.78 is 7.47. The lowest BCUT2D eigenvalue weighted by molar-refractivity contribution is 0.221. The highest BCUT2D eigenvalue weighted by molar-refractivity contribution is 5.73. The molecule has 180 valence electrons. The molecular formula is C24H32N8O2. The van der Waals surface area contributed by atoms with Gasteiger partial charge < -0.3 is 24.8 Å². The van der Waals surface area contributed by atoms with E-state index in [-0.39, 0.29) is 11.6 Å². The maximum absolute atomic E-state index is 12.8. The van der Waals surface area contributed by atoms with Gasteiger partial charge in [-0.3, -0.25) is 9.36 Å². The molecule has 2 fully saturated rings. The lowest BCUT2D eigenvalue weighted by atomic mass is 10.1. The molecule has 4 heterocycles. The summed E-state index contributed by atoms with van der Waals surface area (Å²) in [5, 5.41) is 3.28. The number of anilines is 3. The zero-order chi connectivity index (χ0) is 23.7. The number of rotatable bonds is 5. The molecule has 2 aliphatic heterocycles. The molecule has 0 unspecified atom stereocenters. The number of fused-ring (bicyclic) bond motifs is 1. The van der Waals surface area contributed by atoms with E-state index in [4.69, 9.17) is 9.72 Å². The van der Waals surface area contributed by atoms with E-state index in [1.807, 2.05) is 12.1 Å². The molecule has 0 bridgehead atoms. The third kappa shape index (κ3) is 4.55. The largest absolute Gasteiger partial charge is 0.494 e. The number of nitrogens with zero attached hydrogens (tertiary/aromatic N) is 7. The van der Waals surface area contributed by atoms with Gasteiger partial charge in [0, 0.05) is 44.0 Å². The molecular weight excluding hydrogens is 432 g/mol. The van der Waals surface area contributed by atoms with Crippen molar-refractivity contribution in [3.8, 4) is 5.75 Å². The molecule has 0 radical (unpaired) electrons.